The fourth-order valence-electron chi connectivity index (χ4n) is 6.27. The molecule has 1 saturated carbocycles. The molecule has 0 heterocycles. The number of benzene rings is 1. The molecule has 0 aromatic heterocycles. The molecule has 4 nitrogen and oxygen atoms in total. The summed E-state index contributed by atoms with van der Waals surface area (Å²) >= 11 is 0. The van der Waals surface area contributed by atoms with Gasteiger partial charge in [-0.25, -0.2) is 0 Å². The maximum Gasteiger partial charge on any atom is 0.317 e. The van der Waals surface area contributed by atoms with Crippen molar-refractivity contribution < 1.29 is 19.0 Å². The molecule has 2 aliphatic rings. The van der Waals surface area contributed by atoms with E-state index in [-0.39, 0.29) is 17.3 Å². The molecule has 0 amide bonds. The maximum atomic E-state index is 14.0. The first-order valence-electron chi connectivity index (χ1n) is 13.4. The van der Waals surface area contributed by atoms with Gasteiger partial charge in [-0.1, -0.05) is 61.0 Å². The Morgan fingerprint density at radius 2 is 1.64 bits per heavy atom. The van der Waals surface area contributed by atoms with Gasteiger partial charge in [-0.05, 0) is 67.8 Å². The minimum absolute atomic E-state index is 0.0526. The van der Waals surface area contributed by atoms with Crippen LogP contribution in [0.5, 0.6) is 11.5 Å². The molecule has 0 N–H and O–H groups in total. The first-order chi connectivity index (χ1) is 15.7. The number of hydrogen-bond donors (Lipinski definition) is 0. The maximum absolute atomic E-state index is 14.0. The van der Waals surface area contributed by atoms with E-state index in [4.69, 9.17) is 14.2 Å². The summed E-state index contributed by atoms with van der Waals surface area (Å²) in [6, 6.07) is 2.32. The van der Waals surface area contributed by atoms with Crippen LogP contribution in [0.1, 0.15) is 116 Å². The van der Waals surface area contributed by atoms with Gasteiger partial charge in [0.05, 0.1) is 19.8 Å². The van der Waals surface area contributed by atoms with Crippen molar-refractivity contribution in [2.24, 2.45) is 11.3 Å². The zero-order valence-electron chi connectivity index (χ0n) is 22.1. The highest BCUT2D eigenvalue weighted by molar-refractivity contribution is 5.87. The Labute approximate surface area is 201 Å². The topological polar surface area (TPSA) is 44.8 Å². The highest BCUT2D eigenvalue weighted by atomic mass is 16.5. The Hall–Kier alpha value is -1.71. The number of aryl methyl sites for hydroxylation is 1. The number of ether oxygens (including phenoxy) is 3. The van der Waals surface area contributed by atoms with Crippen molar-refractivity contribution in [2.75, 3.05) is 19.8 Å². The second kappa shape index (κ2) is 10.7. The number of carbonyl (C=O) groups excluding carboxylic acids is 1. The standard InChI is InChI=1S/C29H46O4/c1-8-16-31-25-22(20(4)5)19-21-12-13-23-28(6,7)14-11-15-29(23,27(30)33-18-10-3)24(21)26(25)32-17-9-2/h19-20,23H,8-18H2,1-7H3/t23-,29+/m0/s1. The van der Waals surface area contributed by atoms with Crippen molar-refractivity contribution in [2.45, 2.75) is 111 Å². The second-order valence-electron chi connectivity index (χ2n) is 11.1. The van der Waals surface area contributed by atoms with Crippen molar-refractivity contribution in [3.8, 4) is 11.5 Å². The molecule has 4 heteroatoms. The lowest BCUT2D eigenvalue weighted by Crippen LogP contribution is -2.55. The van der Waals surface area contributed by atoms with Gasteiger partial charge >= 0.3 is 5.97 Å². The molecule has 0 unspecified atom stereocenters. The molecule has 0 radical (unpaired) electrons. The van der Waals surface area contributed by atoms with E-state index in [1.54, 1.807) is 0 Å². The molecule has 186 valence electrons. The molecule has 0 bridgehead atoms. The number of hydrogen-bond acceptors (Lipinski definition) is 4. The van der Waals surface area contributed by atoms with Crippen molar-refractivity contribution >= 4 is 5.97 Å². The van der Waals surface area contributed by atoms with Gasteiger partial charge in [0.1, 0.15) is 5.41 Å². The van der Waals surface area contributed by atoms with E-state index < -0.39 is 5.41 Å². The lowest BCUT2D eigenvalue weighted by atomic mass is 9.49. The van der Waals surface area contributed by atoms with Crippen LogP contribution < -0.4 is 9.47 Å². The fraction of sp³-hybridized carbons (Fsp3) is 0.759. The summed E-state index contributed by atoms with van der Waals surface area (Å²) < 4.78 is 18.9. The van der Waals surface area contributed by atoms with Crippen LogP contribution in [0.15, 0.2) is 6.07 Å². The molecule has 1 aromatic rings. The van der Waals surface area contributed by atoms with Gasteiger partial charge in [0.25, 0.3) is 0 Å². The Kier molecular flexibility index (Phi) is 8.40. The minimum Gasteiger partial charge on any atom is -0.489 e. The lowest BCUT2D eigenvalue weighted by molar-refractivity contribution is -0.160. The largest absolute Gasteiger partial charge is 0.489 e. The molecule has 0 aliphatic heterocycles. The molecular weight excluding hydrogens is 412 g/mol. The van der Waals surface area contributed by atoms with Crippen LogP contribution in [0.4, 0.5) is 0 Å². The van der Waals surface area contributed by atoms with Crippen molar-refractivity contribution in [3.05, 3.63) is 22.8 Å². The summed E-state index contributed by atoms with van der Waals surface area (Å²) in [6.45, 7) is 17.1. The van der Waals surface area contributed by atoms with Gasteiger partial charge in [-0.15, -0.1) is 0 Å². The average molecular weight is 459 g/mol. The van der Waals surface area contributed by atoms with Crippen LogP contribution in [-0.4, -0.2) is 25.8 Å². The predicted octanol–water partition coefficient (Wildman–Crippen LogP) is 7.35. The van der Waals surface area contributed by atoms with Crippen LogP contribution in [0.3, 0.4) is 0 Å². The third-order valence-corrected chi connectivity index (χ3v) is 7.75. The predicted molar refractivity (Wildman–Crippen MR) is 134 cm³/mol. The van der Waals surface area contributed by atoms with Crippen LogP contribution in [0.25, 0.3) is 0 Å². The highest BCUT2D eigenvalue weighted by Gasteiger charge is 2.59. The summed E-state index contributed by atoms with van der Waals surface area (Å²) in [5, 5.41) is 0. The molecule has 2 aliphatic carbocycles. The fourth-order valence-corrected chi connectivity index (χ4v) is 6.27. The Bertz CT molecular complexity index is 825. The Morgan fingerprint density at radius 1 is 1.00 bits per heavy atom. The lowest BCUT2D eigenvalue weighted by Gasteiger charge is -2.54. The summed E-state index contributed by atoms with van der Waals surface area (Å²) in [7, 11) is 0. The molecule has 1 aromatic carbocycles. The molecule has 1 fully saturated rings. The highest BCUT2D eigenvalue weighted by Crippen LogP contribution is 2.61. The van der Waals surface area contributed by atoms with Crippen LogP contribution >= 0.6 is 0 Å². The number of carbonyl (C=O) groups is 1. The van der Waals surface area contributed by atoms with Gasteiger partial charge in [0, 0.05) is 11.1 Å². The van der Waals surface area contributed by atoms with E-state index in [9.17, 15) is 4.79 Å². The third kappa shape index (κ3) is 4.77. The van der Waals surface area contributed by atoms with E-state index in [1.165, 1.54) is 11.1 Å². The smallest absolute Gasteiger partial charge is 0.317 e. The van der Waals surface area contributed by atoms with Gasteiger partial charge in [-0.2, -0.15) is 0 Å². The normalized spacial score (nSPS) is 23.6. The summed E-state index contributed by atoms with van der Waals surface area (Å²) in [5.74, 6) is 2.18. The SMILES string of the molecule is CCCOC(=O)[C@]12CCCC(C)(C)[C@@H]1CCc1cc(C(C)C)c(OCCC)c(OCCC)c12. The first kappa shape index (κ1) is 25.9. The van der Waals surface area contributed by atoms with Crippen LogP contribution in [-0.2, 0) is 21.4 Å². The monoisotopic (exact) mass is 458 g/mol. The minimum atomic E-state index is -0.659. The van der Waals surface area contributed by atoms with E-state index >= 15 is 0 Å². The van der Waals surface area contributed by atoms with E-state index in [0.29, 0.717) is 25.7 Å². The van der Waals surface area contributed by atoms with Crippen molar-refractivity contribution in [3.63, 3.8) is 0 Å². The van der Waals surface area contributed by atoms with Crippen LogP contribution in [0.2, 0.25) is 0 Å². The molecule has 3 rings (SSSR count). The third-order valence-electron chi connectivity index (χ3n) is 7.75. The van der Waals surface area contributed by atoms with E-state index in [0.717, 1.165) is 68.4 Å². The zero-order valence-corrected chi connectivity index (χ0v) is 22.1. The number of esters is 1. The Morgan fingerprint density at radius 3 is 2.24 bits per heavy atom. The second-order valence-corrected chi connectivity index (χ2v) is 11.1. The van der Waals surface area contributed by atoms with E-state index in [1.807, 2.05) is 0 Å². The number of rotatable bonds is 10. The van der Waals surface area contributed by atoms with Crippen LogP contribution in [0, 0.1) is 11.3 Å². The quantitative estimate of drug-likeness (QED) is 0.344. The number of fused-ring (bicyclic) bond motifs is 3. The summed E-state index contributed by atoms with van der Waals surface area (Å²) in [4.78, 5) is 14.0. The molecule has 2 atom stereocenters. The zero-order chi connectivity index (χ0) is 24.2. The molecule has 0 saturated heterocycles. The first-order valence-corrected chi connectivity index (χ1v) is 13.4. The average Bonchev–Trinajstić information content (AvgIpc) is 2.78. The summed E-state index contributed by atoms with van der Waals surface area (Å²) in [5.41, 5.74) is 2.95. The Balaban J connectivity index is 2.32. The summed E-state index contributed by atoms with van der Waals surface area (Å²) in [6.07, 6.45) is 7.66. The van der Waals surface area contributed by atoms with Crippen molar-refractivity contribution in [1.82, 2.24) is 0 Å². The molecular formula is C29H46O4. The van der Waals surface area contributed by atoms with E-state index in [2.05, 4.69) is 54.5 Å². The van der Waals surface area contributed by atoms with Gasteiger partial charge < -0.3 is 14.2 Å². The van der Waals surface area contributed by atoms with Gasteiger partial charge in [0.2, 0.25) is 0 Å². The van der Waals surface area contributed by atoms with Gasteiger partial charge in [-0.3, -0.25) is 4.79 Å². The molecule has 33 heavy (non-hydrogen) atoms. The molecule has 0 spiro atoms. The van der Waals surface area contributed by atoms with Crippen molar-refractivity contribution in [1.29, 1.82) is 0 Å². The van der Waals surface area contributed by atoms with Gasteiger partial charge in [0.15, 0.2) is 11.5 Å².